The standard InChI is InChI=1S/C9H14N2O3S/c1-3-14-8-5-9(15(11,12)13)6(2)4-7(8)10/h4-5H,3,10H2,1-2H3,(H2,11,12,13). The van der Waals surface area contributed by atoms with Crippen LogP contribution in [0.1, 0.15) is 12.5 Å². The summed E-state index contributed by atoms with van der Waals surface area (Å²) >= 11 is 0. The first-order chi connectivity index (χ1) is 6.86. The molecule has 1 aromatic rings. The summed E-state index contributed by atoms with van der Waals surface area (Å²) in [5.74, 6) is 0.340. The number of rotatable bonds is 3. The maximum absolute atomic E-state index is 11.2. The first kappa shape index (κ1) is 11.8. The lowest BCUT2D eigenvalue weighted by molar-refractivity contribution is 0.341. The van der Waals surface area contributed by atoms with Crippen LogP contribution >= 0.6 is 0 Å². The van der Waals surface area contributed by atoms with Gasteiger partial charge in [-0.1, -0.05) is 0 Å². The molecule has 0 radical (unpaired) electrons. The molecular formula is C9H14N2O3S. The molecular weight excluding hydrogens is 216 g/mol. The van der Waals surface area contributed by atoms with E-state index in [1.165, 1.54) is 12.1 Å². The third-order valence-electron chi connectivity index (χ3n) is 1.91. The largest absolute Gasteiger partial charge is 0.492 e. The second kappa shape index (κ2) is 4.08. The zero-order valence-corrected chi connectivity index (χ0v) is 9.47. The lowest BCUT2D eigenvalue weighted by Gasteiger charge is -2.10. The Hall–Kier alpha value is -1.27. The van der Waals surface area contributed by atoms with E-state index in [1.807, 2.05) is 0 Å². The molecule has 0 bridgehead atoms. The number of nitrogens with two attached hydrogens (primary N) is 2. The van der Waals surface area contributed by atoms with Crippen LogP contribution in [0.4, 0.5) is 5.69 Å². The summed E-state index contributed by atoms with van der Waals surface area (Å²) in [7, 11) is -3.73. The molecule has 0 amide bonds. The van der Waals surface area contributed by atoms with Gasteiger partial charge in [-0.25, -0.2) is 13.6 Å². The molecule has 1 aromatic carbocycles. The van der Waals surface area contributed by atoms with Crippen LogP contribution in [0.3, 0.4) is 0 Å². The van der Waals surface area contributed by atoms with Crippen molar-refractivity contribution in [1.29, 1.82) is 0 Å². The van der Waals surface area contributed by atoms with Crippen LogP contribution in [0.15, 0.2) is 17.0 Å². The monoisotopic (exact) mass is 230 g/mol. The number of anilines is 1. The SMILES string of the molecule is CCOc1cc(S(N)(=O)=O)c(C)cc1N. The molecule has 6 heteroatoms. The predicted molar refractivity (Wildman–Crippen MR) is 58.1 cm³/mol. The van der Waals surface area contributed by atoms with Crippen molar-refractivity contribution in [2.75, 3.05) is 12.3 Å². The van der Waals surface area contributed by atoms with Crippen LogP contribution in [-0.4, -0.2) is 15.0 Å². The maximum Gasteiger partial charge on any atom is 0.238 e. The highest BCUT2D eigenvalue weighted by Gasteiger charge is 2.14. The molecule has 0 saturated carbocycles. The van der Waals surface area contributed by atoms with E-state index in [9.17, 15) is 8.42 Å². The average molecular weight is 230 g/mol. The van der Waals surface area contributed by atoms with E-state index in [1.54, 1.807) is 13.8 Å². The Labute approximate surface area is 89.1 Å². The molecule has 1 rings (SSSR count). The van der Waals surface area contributed by atoms with Gasteiger partial charge >= 0.3 is 0 Å². The van der Waals surface area contributed by atoms with Crippen molar-refractivity contribution in [3.8, 4) is 5.75 Å². The van der Waals surface area contributed by atoms with Crippen molar-refractivity contribution >= 4 is 15.7 Å². The second-order valence-electron chi connectivity index (χ2n) is 3.13. The molecule has 0 aliphatic heterocycles. The number of hydrogen-bond acceptors (Lipinski definition) is 4. The molecule has 84 valence electrons. The van der Waals surface area contributed by atoms with E-state index in [0.717, 1.165) is 0 Å². The minimum atomic E-state index is -3.73. The normalized spacial score (nSPS) is 11.4. The lowest BCUT2D eigenvalue weighted by Crippen LogP contribution is -2.14. The fraction of sp³-hybridized carbons (Fsp3) is 0.333. The highest BCUT2D eigenvalue weighted by Crippen LogP contribution is 2.27. The molecule has 0 saturated heterocycles. The third-order valence-corrected chi connectivity index (χ3v) is 2.97. The number of primary sulfonamides is 1. The van der Waals surface area contributed by atoms with Gasteiger partial charge in [0.2, 0.25) is 10.0 Å². The van der Waals surface area contributed by atoms with Gasteiger partial charge in [-0.15, -0.1) is 0 Å². The Bertz CT molecular complexity index is 468. The van der Waals surface area contributed by atoms with Crippen LogP contribution in [0.2, 0.25) is 0 Å². The van der Waals surface area contributed by atoms with Crippen LogP contribution < -0.4 is 15.6 Å². The van der Waals surface area contributed by atoms with Crippen molar-refractivity contribution in [2.45, 2.75) is 18.7 Å². The summed E-state index contributed by atoms with van der Waals surface area (Å²) < 4.78 is 27.6. The molecule has 15 heavy (non-hydrogen) atoms. The molecule has 0 aromatic heterocycles. The Balaban J connectivity index is 3.36. The number of sulfonamides is 1. The summed E-state index contributed by atoms with van der Waals surface area (Å²) in [5, 5.41) is 5.05. The average Bonchev–Trinajstić information content (AvgIpc) is 2.07. The predicted octanol–water partition coefficient (Wildman–Crippen LogP) is 0.623. The van der Waals surface area contributed by atoms with Gasteiger partial charge in [0.1, 0.15) is 5.75 Å². The second-order valence-corrected chi connectivity index (χ2v) is 4.66. The lowest BCUT2D eigenvalue weighted by atomic mass is 10.2. The highest BCUT2D eigenvalue weighted by atomic mass is 32.2. The fourth-order valence-corrected chi connectivity index (χ4v) is 2.06. The van der Waals surface area contributed by atoms with Gasteiger partial charge in [-0.3, -0.25) is 0 Å². The van der Waals surface area contributed by atoms with Gasteiger partial charge in [-0.2, -0.15) is 0 Å². The van der Waals surface area contributed by atoms with E-state index in [2.05, 4.69) is 0 Å². The smallest absolute Gasteiger partial charge is 0.238 e. The third kappa shape index (κ3) is 2.60. The molecule has 0 heterocycles. The van der Waals surface area contributed by atoms with Gasteiger partial charge in [0.15, 0.2) is 0 Å². The van der Waals surface area contributed by atoms with E-state index in [0.29, 0.717) is 23.6 Å². The minimum Gasteiger partial charge on any atom is -0.492 e. The fourth-order valence-electron chi connectivity index (χ4n) is 1.28. The first-order valence-corrected chi connectivity index (χ1v) is 5.96. The van der Waals surface area contributed by atoms with E-state index >= 15 is 0 Å². The number of ether oxygens (including phenoxy) is 1. The van der Waals surface area contributed by atoms with Crippen LogP contribution in [0.5, 0.6) is 5.75 Å². The molecule has 4 N–H and O–H groups in total. The van der Waals surface area contributed by atoms with Crippen molar-refractivity contribution in [3.05, 3.63) is 17.7 Å². The van der Waals surface area contributed by atoms with Crippen molar-refractivity contribution < 1.29 is 13.2 Å². The molecule has 0 aliphatic rings. The van der Waals surface area contributed by atoms with Gasteiger partial charge in [0, 0.05) is 6.07 Å². The number of aryl methyl sites for hydroxylation is 1. The van der Waals surface area contributed by atoms with Gasteiger partial charge in [0.25, 0.3) is 0 Å². The minimum absolute atomic E-state index is 0.0418. The Kier molecular flexibility index (Phi) is 3.21. The molecule has 0 fully saturated rings. The van der Waals surface area contributed by atoms with Crippen LogP contribution in [0, 0.1) is 6.92 Å². The molecule has 0 atom stereocenters. The van der Waals surface area contributed by atoms with E-state index in [4.69, 9.17) is 15.6 Å². The molecule has 5 nitrogen and oxygen atoms in total. The van der Waals surface area contributed by atoms with Gasteiger partial charge in [-0.05, 0) is 25.5 Å². The summed E-state index contributed by atoms with van der Waals surface area (Å²) in [6, 6.07) is 2.88. The van der Waals surface area contributed by atoms with Gasteiger partial charge < -0.3 is 10.5 Å². The molecule has 0 unspecified atom stereocenters. The molecule has 0 spiro atoms. The number of benzene rings is 1. The number of hydrogen-bond donors (Lipinski definition) is 2. The summed E-state index contributed by atoms with van der Waals surface area (Å²) in [6.07, 6.45) is 0. The quantitative estimate of drug-likeness (QED) is 0.744. The zero-order valence-electron chi connectivity index (χ0n) is 8.65. The number of nitrogen functional groups attached to an aromatic ring is 1. The van der Waals surface area contributed by atoms with Gasteiger partial charge in [0.05, 0.1) is 17.2 Å². The molecule has 0 aliphatic carbocycles. The van der Waals surface area contributed by atoms with Crippen molar-refractivity contribution in [3.63, 3.8) is 0 Å². The van der Waals surface area contributed by atoms with E-state index in [-0.39, 0.29) is 4.90 Å². The highest BCUT2D eigenvalue weighted by molar-refractivity contribution is 7.89. The zero-order chi connectivity index (χ0) is 11.6. The topological polar surface area (TPSA) is 95.4 Å². The summed E-state index contributed by atoms with van der Waals surface area (Å²) in [4.78, 5) is 0.0418. The Morgan fingerprint density at radius 3 is 2.47 bits per heavy atom. The van der Waals surface area contributed by atoms with Crippen LogP contribution in [-0.2, 0) is 10.0 Å². The van der Waals surface area contributed by atoms with Crippen molar-refractivity contribution in [1.82, 2.24) is 0 Å². The summed E-state index contributed by atoms with van der Waals surface area (Å²) in [6.45, 7) is 3.83. The maximum atomic E-state index is 11.2. The van der Waals surface area contributed by atoms with Crippen LogP contribution in [0.25, 0.3) is 0 Å². The van der Waals surface area contributed by atoms with Crippen molar-refractivity contribution in [2.24, 2.45) is 5.14 Å². The first-order valence-electron chi connectivity index (χ1n) is 4.42. The Morgan fingerprint density at radius 1 is 1.40 bits per heavy atom. The Morgan fingerprint density at radius 2 is 2.00 bits per heavy atom. The van der Waals surface area contributed by atoms with E-state index < -0.39 is 10.0 Å². The summed E-state index contributed by atoms with van der Waals surface area (Å²) in [5.41, 5.74) is 6.58.